The second kappa shape index (κ2) is 7.61. The second-order valence-corrected chi connectivity index (χ2v) is 8.28. The molecule has 2 aromatic carbocycles. The minimum absolute atomic E-state index is 0.150. The molecule has 7 heteroatoms. The lowest BCUT2D eigenvalue weighted by molar-refractivity contribution is 0.581. The van der Waals surface area contributed by atoms with Crippen LogP contribution in [0.4, 0.5) is 0 Å². The van der Waals surface area contributed by atoms with E-state index < -0.39 is 10.0 Å². The van der Waals surface area contributed by atoms with Crippen molar-refractivity contribution < 1.29 is 8.42 Å². The zero-order valence-electron chi connectivity index (χ0n) is 14.6. The lowest BCUT2D eigenvalue weighted by Gasteiger charge is -2.08. The normalized spacial score (nSPS) is 11.7. The first-order chi connectivity index (χ1) is 12.4. The molecule has 5 nitrogen and oxygen atoms in total. The molecule has 0 aliphatic heterocycles. The Kier molecular flexibility index (Phi) is 5.46. The highest BCUT2D eigenvalue weighted by molar-refractivity contribution is 7.89. The summed E-state index contributed by atoms with van der Waals surface area (Å²) in [5.41, 5.74) is 3.78. The number of rotatable bonds is 6. The molecular formula is C19H20ClN3O2S. The second-order valence-electron chi connectivity index (χ2n) is 6.07. The number of halogens is 1. The predicted octanol–water partition coefficient (Wildman–Crippen LogP) is 3.68. The van der Waals surface area contributed by atoms with E-state index in [9.17, 15) is 8.42 Å². The highest BCUT2D eigenvalue weighted by atomic mass is 35.5. The molecule has 0 spiro atoms. The number of hydrogen-bond donors (Lipinski definition) is 1. The van der Waals surface area contributed by atoms with Gasteiger partial charge in [-0.25, -0.2) is 13.1 Å². The van der Waals surface area contributed by atoms with Crippen LogP contribution in [0, 0.1) is 13.8 Å². The van der Waals surface area contributed by atoms with Gasteiger partial charge in [-0.3, -0.25) is 4.68 Å². The summed E-state index contributed by atoms with van der Waals surface area (Å²) in [6.45, 7) is 4.67. The molecule has 136 valence electrons. The van der Waals surface area contributed by atoms with Crippen molar-refractivity contribution in [2.24, 2.45) is 0 Å². The zero-order valence-corrected chi connectivity index (χ0v) is 16.2. The van der Waals surface area contributed by atoms with Crippen LogP contribution in [0.5, 0.6) is 0 Å². The van der Waals surface area contributed by atoms with Crippen molar-refractivity contribution in [3.8, 4) is 0 Å². The van der Waals surface area contributed by atoms with E-state index in [2.05, 4.69) is 9.82 Å². The van der Waals surface area contributed by atoms with Gasteiger partial charge in [-0.15, -0.1) is 0 Å². The van der Waals surface area contributed by atoms with E-state index in [1.165, 1.54) is 12.1 Å². The maximum absolute atomic E-state index is 12.5. The van der Waals surface area contributed by atoms with Crippen molar-refractivity contribution in [1.29, 1.82) is 0 Å². The Balaban J connectivity index is 1.78. The summed E-state index contributed by atoms with van der Waals surface area (Å²) in [7, 11) is -3.64. The lowest BCUT2D eigenvalue weighted by Crippen LogP contribution is -2.23. The minimum Gasteiger partial charge on any atom is -0.265 e. The average molecular weight is 390 g/mol. The molecule has 0 saturated heterocycles. The maximum atomic E-state index is 12.5. The molecule has 0 fully saturated rings. The molecule has 0 saturated carbocycles. The largest absolute Gasteiger partial charge is 0.265 e. The predicted molar refractivity (Wildman–Crippen MR) is 103 cm³/mol. The van der Waals surface area contributed by atoms with E-state index in [0.717, 1.165) is 22.5 Å². The van der Waals surface area contributed by atoms with Crippen molar-refractivity contribution >= 4 is 21.6 Å². The number of nitrogens with one attached hydrogen (secondary N) is 1. The summed E-state index contributed by atoms with van der Waals surface area (Å²) in [5, 5.41) is 4.94. The van der Waals surface area contributed by atoms with Crippen LogP contribution in [0.2, 0.25) is 5.02 Å². The van der Waals surface area contributed by atoms with Crippen LogP contribution < -0.4 is 4.72 Å². The molecule has 26 heavy (non-hydrogen) atoms. The van der Waals surface area contributed by atoms with Gasteiger partial charge in [-0.2, -0.15) is 5.10 Å². The summed E-state index contributed by atoms with van der Waals surface area (Å²) >= 11 is 5.89. The Labute approximate surface area is 158 Å². The first kappa shape index (κ1) is 18.6. The van der Waals surface area contributed by atoms with Crippen molar-refractivity contribution in [2.75, 3.05) is 0 Å². The highest BCUT2D eigenvalue weighted by Gasteiger charge is 2.17. The summed E-state index contributed by atoms with van der Waals surface area (Å²) < 4.78 is 29.5. The third-order valence-electron chi connectivity index (χ3n) is 4.25. The molecule has 0 bridgehead atoms. The molecule has 1 aromatic heterocycles. The van der Waals surface area contributed by atoms with Gasteiger partial charge < -0.3 is 0 Å². The van der Waals surface area contributed by atoms with Crippen LogP contribution in [0.3, 0.4) is 0 Å². The van der Waals surface area contributed by atoms with E-state index >= 15 is 0 Å². The molecule has 0 atom stereocenters. The molecule has 0 amide bonds. The summed E-state index contributed by atoms with van der Waals surface area (Å²) in [6, 6.07) is 16.2. The van der Waals surface area contributed by atoms with E-state index in [4.69, 9.17) is 11.6 Å². The molecular weight excluding hydrogens is 370 g/mol. The monoisotopic (exact) mass is 389 g/mol. The Hall–Kier alpha value is -2.15. The van der Waals surface area contributed by atoms with Crippen molar-refractivity contribution in [2.45, 2.75) is 31.8 Å². The van der Waals surface area contributed by atoms with Gasteiger partial charge >= 0.3 is 0 Å². The first-order valence-electron chi connectivity index (χ1n) is 8.19. The fraction of sp³-hybridized carbons (Fsp3) is 0.211. The van der Waals surface area contributed by atoms with Gasteiger partial charge in [0.2, 0.25) is 10.0 Å². The van der Waals surface area contributed by atoms with Crippen molar-refractivity contribution in [1.82, 2.24) is 14.5 Å². The van der Waals surface area contributed by atoms with Gasteiger partial charge in [0.05, 0.1) is 17.1 Å². The number of aromatic nitrogens is 2. The van der Waals surface area contributed by atoms with E-state index in [0.29, 0.717) is 11.6 Å². The van der Waals surface area contributed by atoms with Gasteiger partial charge in [0.15, 0.2) is 0 Å². The van der Waals surface area contributed by atoms with Crippen molar-refractivity contribution in [3.63, 3.8) is 0 Å². The van der Waals surface area contributed by atoms with Crippen LogP contribution >= 0.6 is 11.6 Å². The van der Waals surface area contributed by atoms with Gasteiger partial charge in [-0.1, -0.05) is 48.0 Å². The van der Waals surface area contributed by atoms with Crippen molar-refractivity contribution in [3.05, 3.63) is 82.1 Å². The maximum Gasteiger partial charge on any atom is 0.240 e. The summed E-state index contributed by atoms with van der Waals surface area (Å²) in [6.07, 6.45) is 0. The average Bonchev–Trinajstić information content (AvgIpc) is 2.87. The lowest BCUT2D eigenvalue weighted by atomic mass is 10.2. The van der Waals surface area contributed by atoms with Crippen LogP contribution in [-0.2, 0) is 23.1 Å². The van der Waals surface area contributed by atoms with E-state index in [1.807, 2.05) is 48.9 Å². The molecule has 0 unspecified atom stereocenters. The zero-order chi connectivity index (χ0) is 18.7. The molecule has 0 aliphatic carbocycles. The number of nitrogens with zero attached hydrogens (tertiary/aromatic N) is 2. The van der Waals surface area contributed by atoms with Crippen LogP contribution in [-0.4, -0.2) is 18.2 Å². The highest BCUT2D eigenvalue weighted by Crippen LogP contribution is 2.18. The Morgan fingerprint density at radius 2 is 1.81 bits per heavy atom. The van der Waals surface area contributed by atoms with Gasteiger partial charge in [0, 0.05) is 22.8 Å². The Morgan fingerprint density at radius 3 is 2.50 bits per heavy atom. The minimum atomic E-state index is -3.64. The van der Waals surface area contributed by atoms with Gasteiger partial charge in [0.1, 0.15) is 0 Å². The molecule has 1 heterocycles. The molecule has 3 aromatic rings. The van der Waals surface area contributed by atoms with Crippen LogP contribution in [0.15, 0.2) is 59.5 Å². The molecule has 0 aliphatic rings. The molecule has 1 N–H and O–H groups in total. The van der Waals surface area contributed by atoms with Crippen LogP contribution in [0.1, 0.15) is 22.5 Å². The number of aryl methyl sites for hydroxylation is 1. The van der Waals surface area contributed by atoms with Gasteiger partial charge in [-0.05, 0) is 37.6 Å². The Morgan fingerprint density at radius 1 is 1.08 bits per heavy atom. The number of sulfonamides is 1. The number of hydrogen-bond acceptors (Lipinski definition) is 3. The number of benzene rings is 2. The quantitative estimate of drug-likeness (QED) is 0.699. The smallest absolute Gasteiger partial charge is 0.240 e. The third kappa shape index (κ3) is 4.15. The molecule has 0 radical (unpaired) electrons. The standard InChI is InChI=1S/C19H20ClN3O2S/c1-14-19(12-21-26(24,25)18-10-6-9-17(20)11-18)15(2)23(22-14)13-16-7-4-3-5-8-16/h3-11,21H,12-13H2,1-2H3. The summed E-state index contributed by atoms with van der Waals surface area (Å²) in [5.74, 6) is 0. The van der Waals surface area contributed by atoms with E-state index in [-0.39, 0.29) is 11.4 Å². The third-order valence-corrected chi connectivity index (χ3v) is 5.89. The summed E-state index contributed by atoms with van der Waals surface area (Å²) in [4.78, 5) is 0.150. The fourth-order valence-electron chi connectivity index (χ4n) is 2.78. The fourth-order valence-corrected chi connectivity index (χ4v) is 4.08. The SMILES string of the molecule is Cc1nn(Cc2ccccc2)c(C)c1CNS(=O)(=O)c1cccc(Cl)c1. The van der Waals surface area contributed by atoms with Gasteiger partial charge in [0.25, 0.3) is 0 Å². The Bertz CT molecular complexity index is 1010. The topological polar surface area (TPSA) is 64.0 Å². The molecule has 3 rings (SSSR count). The van der Waals surface area contributed by atoms with E-state index in [1.54, 1.807) is 12.1 Å². The first-order valence-corrected chi connectivity index (χ1v) is 10.0. The van der Waals surface area contributed by atoms with Crippen LogP contribution in [0.25, 0.3) is 0 Å².